The quantitative estimate of drug-likeness (QED) is 0.677. The van der Waals surface area contributed by atoms with Gasteiger partial charge in [-0.1, -0.05) is 17.3 Å². The zero-order valence-corrected chi connectivity index (χ0v) is 18.4. The number of piperazine rings is 1. The van der Waals surface area contributed by atoms with Crippen LogP contribution in [-0.2, 0) is 11.2 Å². The van der Waals surface area contributed by atoms with Gasteiger partial charge in [-0.25, -0.2) is 0 Å². The van der Waals surface area contributed by atoms with E-state index in [-0.39, 0.29) is 5.91 Å². The summed E-state index contributed by atoms with van der Waals surface area (Å²) in [6.45, 7) is 5.73. The molecule has 0 radical (unpaired) electrons. The number of hydrogen-bond donors (Lipinski definition) is 1. The average molecular weight is 434 g/mol. The number of aryl methyl sites for hydroxylation is 2. The van der Waals surface area contributed by atoms with E-state index in [1.807, 2.05) is 24.3 Å². The van der Waals surface area contributed by atoms with Crippen LogP contribution in [0.1, 0.15) is 17.8 Å². The number of fused-ring (bicyclic) bond motifs is 1. The van der Waals surface area contributed by atoms with Crippen LogP contribution in [0.2, 0.25) is 0 Å². The molecule has 1 N–H and O–H groups in total. The van der Waals surface area contributed by atoms with Crippen LogP contribution in [0, 0.1) is 6.92 Å². The maximum Gasteiger partial charge on any atom is 0.265 e. The van der Waals surface area contributed by atoms with E-state index < -0.39 is 6.10 Å². The number of aromatic nitrogens is 2. The summed E-state index contributed by atoms with van der Waals surface area (Å²) in [5.74, 6) is 1.77. The molecule has 1 amide bonds. The van der Waals surface area contributed by atoms with Crippen LogP contribution in [0.15, 0.2) is 47.0 Å². The van der Waals surface area contributed by atoms with Crippen molar-refractivity contribution in [2.45, 2.75) is 25.9 Å². The van der Waals surface area contributed by atoms with Crippen molar-refractivity contribution in [1.29, 1.82) is 0 Å². The zero-order valence-electron chi connectivity index (χ0n) is 18.4. The van der Waals surface area contributed by atoms with E-state index in [0.717, 1.165) is 49.6 Å². The molecule has 2 aromatic carbocycles. The lowest BCUT2D eigenvalue weighted by atomic mass is 10.00. The van der Waals surface area contributed by atoms with Crippen molar-refractivity contribution in [1.82, 2.24) is 15.0 Å². The second-order valence-corrected chi connectivity index (χ2v) is 8.41. The number of ether oxygens (including phenoxy) is 1. The number of nitrogens with zero attached hydrogens (tertiary/aromatic N) is 4. The van der Waals surface area contributed by atoms with Crippen LogP contribution in [-0.4, -0.2) is 60.3 Å². The summed E-state index contributed by atoms with van der Waals surface area (Å²) >= 11 is 0. The largest absolute Gasteiger partial charge is 0.478 e. The summed E-state index contributed by atoms with van der Waals surface area (Å²) in [5, 5.41) is 6.79. The number of carbonyl (C=O) groups is 1. The molecule has 0 aliphatic carbocycles. The standard InChI is InChI=1S/C24H27N5O3/c1-16-25-24(32-27-16)18-6-9-19(10-7-18)26-23(30)21-11-8-17-4-3-5-20(22(17)31-21)29-14-12-28(2)13-15-29/h3-7,9-10,21H,8,11-15H2,1-2H3,(H,26,30). The minimum atomic E-state index is -0.519. The SMILES string of the molecule is Cc1noc(-c2ccc(NC(=O)C3CCc4cccc(N5CCN(C)CC5)c4O3)cc2)n1. The lowest BCUT2D eigenvalue weighted by Crippen LogP contribution is -2.45. The van der Waals surface area contributed by atoms with E-state index in [9.17, 15) is 4.79 Å². The lowest BCUT2D eigenvalue weighted by molar-refractivity contribution is -0.123. The van der Waals surface area contributed by atoms with E-state index in [2.05, 4.69) is 50.5 Å². The predicted molar refractivity (Wildman–Crippen MR) is 122 cm³/mol. The minimum absolute atomic E-state index is 0.134. The first-order valence-corrected chi connectivity index (χ1v) is 11.0. The Balaban J connectivity index is 1.28. The molecule has 166 valence electrons. The highest BCUT2D eigenvalue weighted by atomic mass is 16.5. The summed E-state index contributed by atoms with van der Waals surface area (Å²) in [4.78, 5) is 21.9. The molecule has 1 saturated heterocycles. The average Bonchev–Trinajstić information content (AvgIpc) is 3.25. The zero-order chi connectivity index (χ0) is 22.1. The van der Waals surface area contributed by atoms with Gasteiger partial charge in [0.05, 0.1) is 5.69 Å². The molecule has 1 atom stereocenters. The number of amides is 1. The first kappa shape index (κ1) is 20.5. The number of carbonyl (C=O) groups excluding carboxylic acids is 1. The number of para-hydroxylation sites is 1. The molecule has 1 fully saturated rings. The van der Waals surface area contributed by atoms with Gasteiger partial charge in [0.15, 0.2) is 11.9 Å². The molecule has 32 heavy (non-hydrogen) atoms. The van der Waals surface area contributed by atoms with Crippen LogP contribution in [0.3, 0.4) is 0 Å². The van der Waals surface area contributed by atoms with Crippen molar-refractivity contribution >= 4 is 17.3 Å². The Morgan fingerprint density at radius 2 is 1.88 bits per heavy atom. The highest BCUT2D eigenvalue weighted by Gasteiger charge is 2.29. The Labute approximate surface area is 187 Å². The molecule has 3 heterocycles. The molecule has 0 bridgehead atoms. The van der Waals surface area contributed by atoms with E-state index in [4.69, 9.17) is 9.26 Å². The lowest BCUT2D eigenvalue weighted by Gasteiger charge is -2.36. The van der Waals surface area contributed by atoms with Gasteiger partial charge in [0.1, 0.15) is 5.75 Å². The van der Waals surface area contributed by atoms with Crippen molar-refractivity contribution in [3.8, 4) is 17.2 Å². The molecular formula is C24H27N5O3. The molecule has 1 aromatic heterocycles. The number of anilines is 2. The molecule has 8 nitrogen and oxygen atoms in total. The second kappa shape index (κ2) is 8.63. The Hall–Kier alpha value is -3.39. The number of rotatable bonds is 4. The molecule has 0 spiro atoms. The van der Waals surface area contributed by atoms with Gasteiger partial charge in [-0.15, -0.1) is 0 Å². The molecule has 2 aliphatic rings. The van der Waals surface area contributed by atoms with Crippen molar-refractivity contribution in [2.75, 3.05) is 43.4 Å². The summed E-state index contributed by atoms with van der Waals surface area (Å²) < 4.78 is 11.5. The van der Waals surface area contributed by atoms with Gasteiger partial charge in [0.25, 0.3) is 11.8 Å². The number of hydrogen-bond acceptors (Lipinski definition) is 7. The fourth-order valence-electron chi connectivity index (χ4n) is 4.21. The number of nitrogens with one attached hydrogen (secondary N) is 1. The Bertz CT molecular complexity index is 1100. The van der Waals surface area contributed by atoms with Crippen LogP contribution >= 0.6 is 0 Å². The predicted octanol–water partition coefficient (Wildman–Crippen LogP) is 3.13. The molecule has 5 rings (SSSR count). The Morgan fingerprint density at radius 3 is 2.59 bits per heavy atom. The molecule has 3 aromatic rings. The Kier molecular flexibility index (Phi) is 5.53. The first-order chi connectivity index (χ1) is 15.6. The molecule has 1 unspecified atom stereocenters. The monoisotopic (exact) mass is 433 g/mol. The third-order valence-electron chi connectivity index (χ3n) is 6.08. The highest BCUT2D eigenvalue weighted by molar-refractivity contribution is 5.95. The van der Waals surface area contributed by atoms with E-state index in [1.165, 1.54) is 5.56 Å². The van der Waals surface area contributed by atoms with Crippen molar-refractivity contribution in [3.63, 3.8) is 0 Å². The van der Waals surface area contributed by atoms with Gasteiger partial charge in [0.2, 0.25) is 0 Å². The van der Waals surface area contributed by atoms with Gasteiger partial charge in [-0.05, 0) is 62.7 Å². The van der Waals surface area contributed by atoms with Gasteiger partial charge in [-0.3, -0.25) is 4.79 Å². The summed E-state index contributed by atoms with van der Waals surface area (Å²) in [7, 11) is 2.14. The second-order valence-electron chi connectivity index (χ2n) is 8.41. The first-order valence-electron chi connectivity index (χ1n) is 11.0. The topological polar surface area (TPSA) is 83.7 Å². The third-order valence-corrected chi connectivity index (χ3v) is 6.08. The van der Waals surface area contributed by atoms with E-state index >= 15 is 0 Å². The Morgan fingerprint density at radius 1 is 1.09 bits per heavy atom. The van der Waals surface area contributed by atoms with Crippen LogP contribution < -0.4 is 15.0 Å². The summed E-state index contributed by atoms with van der Waals surface area (Å²) in [6, 6.07) is 13.7. The third kappa shape index (κ3) is 4.18. The van der Waals surface area contributed by atoms with Gasteiger partial charge in [0, 0.05) is 37.4 Å². The van der Waals surface area contributed by atoms with Crippen molar-refractivity contribution in [3.05, 3.63) is 53.9 Å². The van der Waals surface area contributed by atoms with E-state index in [0.29, 0.717) is 23.8 Å². The normalized spacial score (nSPS) is 18.7. The fourth-order valence-corrected chi connectivity index (χ4v) is 4.21. The fraction of sp³-hybridized carbons (Fsp3) is 0.375. The number of benzene rings is 2. The molecule has 8 heteroatoms. The summed E-state index contributed by atoms with van der Waals surface area (Å²) in [5.41, 5.74) is 3.77. The van der Waals surface area contributed by atoms with Gasteiger partial charge < -0.3 is 24.4 Å². The highest BCUT2D eigenvalue weighted by Crippen LogP contribution is 2.38. The van der Waals surface area contributed by atoms with Gasteiger partial charge >= 0.3 is 0 Å². The van der Waals surface area contributed by atoms with Crippen LogP contribution in [0.25, 0.3) is 11.5 Å². The van der Waals surface area contributed by atoms with Gasteiger partial charge in [-0.2, -0.15) is 4.98 Å². The number of likely N-dealkylation sites (N-methyl/N-ethyl adjacent to an activating group) is 1. The maximum atomic E-state index is 13.0. The van der Waals surface area contributed by atoms with Crippen molar-refractivity contribution in [2.24, 2.45) is 0 Å². The van der Waals surface area contributed by atoms with Crippen LogP contribution in [0.5, 0.6) is 5.75 Å². The van der Waals surface area contributed by atoms with Crippen LogP contribution in [0.4, 0.5) is 11.4 Å². The smallest absolute Gasteiger partial charge is 0.265 e. The maximum absolute atomic E-state index is 13.0. The summed E-state index contributed by atoms with van der Waals surface area (Å²) in [6.07, 6.45) is 0.962. The van der Waals surface area contributed by atoms with Crippen molar-refractivity contribution < 1.29 is 14.1 Å². The molecular weight excluding hydrogens is 406 g/mol. The molecule has 2 aliphatic heterocycles. The molecule has 0 saturated carbocycles. The van der Waals surface area contributed by atoms with E-state index in [1.54, 1.807) is 6.92 Å². The minimum Gasteiger partial charge on any atom is -0.478 e.